The van der Waals surface area contributed by atoms with Crippen LogP contribution in [-0.4, -0.2) is 33.0 Å². The second-order valence-corrected chi connectivity index (χ2v) is 5.89. The minimum Gasteiger partial charge on any atom is -0.392 e. The third-order valence-electron chi connectivity index (χ3n) is 2.46. The van der Waals surface area contributed by atoms with Gasteiger partial charge >= 0.3 is 0 Å². The summed E-state index contributed by atoms with van der Waals surface area (Å²) in [6, 6.07) is 7.13. The Kier molecular flexibility index (Phi) is 6.28. The highest BCUT2D eigenvalue weighted by atomic mass is 32.2. The smallest absolute Gasteiger partial charge is 0.211 e. The molecular formula is C12H19NO4S. The number of hydrogen-bond acceptors (Lipinski definition) is 4. The van der Waals surface area contributed by atoms with Crippen LogP contribution in [0.1, 0.15) is 17.5 Å². The van der Waals surface area contributed by atoms with E-state index in [1.807, 2.05) is 0 Å². The first-order valence-corrected chi connectivity index (χ1v) is 7.37. The Morgan fingerprint density at radius 3 is 2.39 bits per heavy atom. The van der Waals surface area contributed by atoms with Gasteiger partial charge in [-0.15, -0.1) is 0 Å². The molecule has 0 spiro atoms. The third kappa shape index (κ3) is 5.59. The van der Waals surface area contributed by atoms with Crippen LogP contribution < -0.4 is 4.72 Å². The standard InChI is InChI=1S/C12H19NO4S/c1-17-7-2-8-18(15,16)13-9-11-3-5-12(10-14)6-4-11/h3-6,13-14H,2,7-10H2,1H3. The van der Waals surface area contributed by atoms with Gasteiger partial charge in [0.05, 0.1) is 12.4 Å². The van der Waals surface area contributed by atoms with E-state index in [0.29, 0.717) is 13.0 Å². The molecule has 2 N–H and O–H groups in total. The maximum absolute atomic E-state index is 11.6. The van der Waals surface area contributed by atoms with E-state index in [1.165, 1.54) is 0 Å². The van der Waals surface area contributed by atoms with E-state index in [9.17, 15) is 8.42 Å². The van der Waals surface area contributed by atoms with Gasteiger partial charge in [-0.05, 0) is 17.5 Å². The van der Waals surface area contributed by atoms with E-state index in [4.69, 9.17) is 9.84 Å². The molecule has 102 valence electrons. The number of methoxy groups -OCH3 is 1. The van der Waals surface area contributed by atoms with Crippen molar-refractivity contribution in [3.63, 3.8) is 0 Å². The van der Waals surface area contributed by atoms with E-state index >= 15 is 0 Å². The van der Waals surface area contributed by atoms with Gasteiger partial charge in [-0.1, -0.05) is 24.3 Å². The number of nitrogens with one attached hydrogen (secondary N) is 1. The first kappa shape index (κ1) is 15.1. The lowest BCUT2D eigenvalue weighted by molar-refractivity contribution is 0.199. The number of rotatable bonds is 8. The highest BCUT2D eigenvalue weighted by Crippen LogP contribution is 2.04. The largest absolute Gasteiger partial charge is 0.392 e. The van der Waals surface area contributed by atoms with Crippen LogP contribution in [0.25, 0.3) is 0 Å². The molecule has 1 rings (SSSR count). The summed E-state index contributed by atoms with van der Waals surface area (Å²) in [5.41, 5.74) is 1.67. The molecule has 1 aromatic rings. The van der Waals surface area contributed by atoms with E-state index in [2.05, 4.69) is 4.72 Å². The van der Waals surface area contributed by atoms with Crippen molar-refractivity contribution in [2.24, 2.45) is 0 Å². The van der Waals surface area contributed by atoms with Gasteiger partial charge in [0.1, 0.15) is 0 Å². The fourth-order valence-electron chi connectivity index (χ4n) is 1.42. The molecule has 0 unspecified atom stereocenters. The van der Waals surface area contributed by atoms with Gasteiger partial charge in [0.2, 0.25) is 10.0 Å². The molecule has 0 bridgehead atoms. The Morgan fingerprint density at radius 1 is 1.22 bits per heavy atom. The van der Waals surface area contributed by atoms with Crippen molar-refractivity contribution in [3.05, 3.63) is 35.4 Å². The molecule has 0 saturated carbocycles. The van der Waals surface area contributed by atoms with Crippen molar-refractivity contribution in [2.75, 3.05) is 19.5 Å². The van der Waals surface area contributed by atoms with Gasteiger partial charge < -0.3 is 9.84 Å². The fourth-order valence-corrected chi connectivity index (χ4v) is 2.45. The van der Waals surface area contributed by atoms with Crippen molar-refractivity contribution in [1.29, 1.82) is 0 Å². The Labute approximate surface area is 108 Å². The zero-order valence-electron chi connectivity index (χ0n) is 10.4. The fraction of sp³-hybridized carbons (Fsp3) is 0.500. The van der Waals surface area contributed by atoms with Crippen LogP contribution in [0.5, 0.6) is 0 Å². The summed E-state index contributed by atoms with van der Waals surface area (Å²) in [7, 11) is -1.70. The first-order valence-electron chi connectivity index (χ1n) is 5.72. The van der Waals surface area contributed by atoms with Gasteiger partial charge in [0, 0.05) is 20.3 Å². The van der Waals surface area contributed by atoms with Crippen molar-refractivity contribution in [3.8, 4) is 0 Å². The van der Waals surface area contributed by atoms with Gasteiger partial charge in [-0.2, -0.15) is 0 Å². The van der Waals surface area contributed by atoms with E-state index in [1.54, 1.807) is 31.4 Å². The van der Waals surface area contributed by atoms with Crippen molar-refractivity contribution in [1.82, 2.24) is 4.72 Å². The monoisotopic (exact) mass is 273 g/mol. The molecule has 0 heterocycles. The molecule has 1 aromatic carbocycles. The highest BCUT2D eigenvalue weighted by Gasteiger charge is 2.09. The molecule has 5 nitrogen and oxygen atoms in total. The third-order valence-corrected chi connectivity index (χ3v) is 3.87. The summed E-state index contributed by atoms with van der Waals surface area (Å²) in [5.74, 6) is 0.0650. The summed E-state index contributed by atoms with van der Waals surface area (Å²) in [6.45, 7) is 0.691. The number of sulfonamides is 1. The predicted octanol–water partition coefficient (Wildman–Crippen LogP) is 0.635. The molecule has 0 fully saturated rings. The minimum atomic E-state index is -3.25. The van der Waals surface area contributed by atoms with Crippen LogP contribution in [0.15, 0.2) is 24.3 Å². The number of aliphatic hydroxyl groups is 1. The Balaban J connectivity index is 2.43. The lowest BCUT2D eigenvalue weighted by Gasteiger charge is -2.07. The SMILES string of the molecule is COCCCS(=O)(=O)NCc1ccc(CO)cc1. The normalized spacial score (nSPS) is 11.7. The van der Waals surface area contributed by atoms with Crippen LogP contribution in [-0.2, 0) is 27.9 Å². The molecule has 0 aliphatic carbocycles. The minimum absolute atomic E-state index is 0.0109. The Hall–Kier alpha value is -0.950. The van der Waals surface area contributed by atoms with Gasteiger partial charge in [-0.25, -0.2) is 13.1 Å². The van der Waals surface area contributed by atoms with E-state index in [-0.39, 0.29) is 18.9 Å². The highest BCUT2D eigenvalue weighted by molar-refractivity contribution is 7.89. The zero-order valence-corrected chi connectivity index (χ0v) is 11.2. The topological polar surface area (TPSA) is 75.6 Å². The molecule has 0 aromatic heterocycles. The molecule has 0 radical (unpaired) electrons. The lowest BCUT2D eigenvalue weighted by atomic mass is 10.1. The van der Waals surface area contributed by atoms with Crippen LogP contribution >= 0.6 is 0 Å². The molecular weight excluding hydrogens is 254 g/mol. The summed E-state index contributed by atoms with van der Waals surface area (Å²) >= 11 is 0. The first-order chi connectivity index (χ1) is 8.57. The second kappa shape index (κ2) is 7.48. The Morgan fingerprint density at radius 2 is 1.83 bits per heavy atom. The van der Waals surface area contributed by atoms with Crippen molar-refractivity contribution < 1.29 is 18.3 Å². The molecule has 0 atom stereocenters. The quantitative estimate of drug-likeness (QED) is 0.681. The van der Waals surface area contributed by atoms with Crippen molar-refractivity contribution in [2.45, 2.75) is 19.6 Å². The number of aliphatic hydroxyl groups excluding tert-OH is 1. The number of ether oxygens (including phenoxy) is 1. The van der Waals surface area contributed by atoms with Gasteiger partial charge in [-0.3, -0.25) is 0 Å². The zero-order chi connectivity index (χ0) is 13.4. The van der Waals surface area contributed by atoms with Crippen LogP contribution in [0.3, 0.4) is 0 Å². The number of benzene rings is 1. The lowest BCUT2D eigenvalue weighted by Crippen LogP contribution is -2.26. The van der Waals surface area contributed by atoms with E-state index < -0.39 is 10.0 Å². The Bertz CT molecular complexity index is 442. The molecule has 0 aliphatic rings. The predicted molar refractivity (Wildman–Crippen MR) is 69.5 cm³/mol. The van der Waals surface area contributed by atoms with E-state index in [0.717, 1.165) is 11.1 Å². The van der Waals surface area contributed by atoms with Gasteiger partial charge in [0.25, 0.3) is 0 Å². The van der Waals surface area contributed by atoms with Crippen LogP contribution in [0.4, 0.5) is 0 Å². The summed E-state index contributed by atoms with van der Waals surface area (Å²) in [4.78, 5) is 0. The maximum Gasteiger partial charge on any atom is 0.211 e. The van der Waals surface area contributed by atoms with Crippen LogP contribution in [0, 0.1) is 0 Å². The summed E-state index contributed by atoms with van der Waals surface area (Å²) in [5, 5.41) is 8.88. The van der Waals surface area contributed by atoms with Crippen LogP contribution in [0.2, 0.25) is 0 Å². The van der Waals surface area contributed by atoms with Gasteiger partial charge in [0.15, 0.2) is 0 Å². The average molecular weight is 273 g/mol. The van der Waals surface area contributed by atoms with Crippen molar-refractivity contribution >= 4 is 10.0 Å². The molecule has 0 saturated heterocycles. The molecule has 0 amide bonds. The molecule has 18 heavy (non-hydrogen) atoms. The molecule has 6 heteroatoms. The maximum atomic E-state index is 11.6. The number of hydrogen-bond donors (Lipinski definition) is 2. The average Bonchev–Trinajstić information content (AvgIpc) is 2.37. The molecule has 0 aliphatic heterocycles. The summed E-state index contributed by atoms with van der Waals surface area (Å²) < 4.78 is 30.5. The second-order valence-electron chi connectivity index (χ2n) is 3.96. The summed E-state index contributed by atoms with van der Waals surface area (Å²) in [6.07, 6.45) is 0.481.